The van der Waals surface area contributed by atoms with Gasteiger partial charge in [-0.25, -0.2) is 4.98 Å². The van der Waals surface area contributed by atoms with Crippen LogP contribution in [0.3, 0.4) is 0 Å². The molecule has 3 aromatic heterocycles. The zero-order valence-electron chi connectivity index (χ0n) is 44.7. The molecule has 5 aliphatic heterocycles. The molecule has 0 radical (unpaired) electrons. The van der Waals surface area contributed by atoms with Crippen molar-refractivity contribution in [2.45, 2.75) is 105 Å². The number of benzene rings is 4. The Morgan fingerprint density at radius 3 is 1.07 bits per heavy atom. The van der Waals surface area contributed by atoms with Gasteiger partial charge in [0.25, 0.3) is 0 Å². The van der Waals surface area contributed by atoms with Gasteiger partial charge in [-0.1, -0.05) is 66.7 Å². The second-order valence-electron chi connectivity index (χ2n) is 21.2. The predicted octanol–water partition coefficient (Wildman–Crippen LogP) is 2.47. The van der Waals surface area contributed by atoms with Crippen LogP contribution < -0.4 is 14.2 Å². The van der Waals surface area contributed by atoms with Gasteiger partial charge in [-0.15, -0.1) is 0 Å². The van der Waals surface area contributed by atoms with Crippen LogP contribution in [-0.2, 0) is 27.1 Å². The van der Waals surface area contributed by atoms with Crippen molar-refractivity contribution in [3.8, 4) is 61.8 Å². The molecule has 0 aliphatic carbocycles. The SMILES string of the molecule is OC[C@H]1O[C@@H](Oc2cccc(-c3c4nc(c(-c5ccccc5)c5ccc([nH]5)c(-c5cccc(O[C@@H]6O[C@H](CO)[C@@H](O)[C@H](O)[C@H]6O)c5)c5nc(c(-c6cccc(O[C@@H]7O[C@H](CO)[C@@H](O)[C@H](O)[C@H]7O)c6)c6ccc3[nH]6)CC5)C=C4)c2)[C@H](O)[C@@H](O)[C@@H]1O. The fraction of sp³-hybridized carbons (Fsp3) is 0.323. The summed E-state index contributed by atoms with van der Waals surface area (Å²) in [5.74, 6) is 0.655. The highest BCUT2D eigenvalue weighted by molar-refractivity contribution is 5.97. The fourth-order valence-corrected chi connectivity index (χ4v) is 11.4. The Labute approximate surface area is 478 Å². The minimum Gasteiger partial charge on any atom is -0.462 e. The number of hydrogen-bond donors (Lipinski definition) is 14. The first-order chi connectivity index (χ1) is 40.7. The van der Waals surface area contributed by atoms with Crippen LogP contribution in [0.15, 0.2) is 127 Å². The number of aromatic nitrogens is 4. The number of aromatic amines is 2. The van der Waals surface area contributed by atoms with Crippen LogP contribution in [0.4, 0.5) is 0 Å². The average Bonchev–Trinajstić information content (AvgIpc) is 4.40. The van der Waals surface area contributed by atoms with E-state index in [1.165, 1.54) is 0 Å². The lowest BCUT2D eigenvalue weighted by atomic mass is 9.99. The molecular weight excluding hydrogens is 1090 g/mol. The molecule has 3 saturated heterocycles. The lowest BCUT2D eigenvalue weighted by Crippen LogP contribution is -2.60. The van der Waals surface area contributed by atoms with Crippen LogP contribution >= 0.6 is 0 Å². The lowest BCUT2D eigenvalue weighted by Gasteiger charge is -2.39. The van der Waals surface area contributed by atoms with Gasteiger partial charge in [-0.3, -0.25) is 4.98 Å². The number of rotatable bonds is 13. The second-order valence-corrected chi connectivity index (χ2v) is 21.2. The molecule has 0 saturated carbocycles. The van der Waals surface area contributed by atoms with E-state index in [1.807, 2.05) is 84.9 Å². The van der Waals surface area contributed by atoms with Crippen LogP contribution in [-0.4, -0.2) is 193 Å². The number of H-pyrrole nitrogens is 2. The van der Waals surface area contributed by atoms with Gasteiger partial charge in [0.1, 0.15) is 90.5 Å². The molecule has 14 N–H and O–H groups in total. The van der Waals surface area contributed by atoms with Crippen molar-refractivity contribution in [1.29, 1.82) is 0 Å². The highest BCUT2D eigenvalue weighted by Crippen LogP contribution is 2.41. The third-order valence-electron chi connectivity index (χ3n) is 15.8. The Morgan fingerprint density at radius 2 is 0.702 bits per heavy atom. The van der Waals surface area contributed by atoms with E-state index in [0.717, 1.165) is 11.1 Å². The minimum absolute atomic E-state index is 0.205. The topological polar surface area (TPSA) is 356 Å². The van der Waals surface area contributed by atoms with E-state index in [0.29, 0.717) is 91.1 Å². The molecule has 4 aromatic carbocycles. The number of nitrogens with one attached hydrogen (secondary N) is 2. The van der Waals surface area contributed by atoms with Crippen molar-refractivity contribution in [1.82, 2.24) is 19.9 Å². The number of nitrogens with zero attached hydrogens (tertiary/aromatic N) is 2. The summed E-state index contributed by atoms with van der Waals surface area (Å²) in [7, 11) is 0. The van der Waals surface area contributed by atoms with E-state index in [9.17, 15) is 61.3 Å². The Hall–Kier alpha value is -7.46. The Balaban J connectivity index is 1.08. The molecular formula is C62H62N4O18. The van der Waals surface area contributed by atoms with Crippen molar-refractivity contribution in [3.05, 3.63) is 150 Å². The highest BCUT2D eigenvalue weighted by Gasteiger charge is 2.47. The molecule has 15 atom stereocenters. The van der Waals surface area contributed by atoms with Crippen molar-refractivity contribution < 1.29 is 89.7 Å². The summed E-state index contributed by atoms with van der Waals surface area (Å²) in [6, 6.07) is 38.4. The Kier molecular flexibility index (Phi) is 16.2. The lowest BCUT2D eigenvalue weighted by molar-refractivity contribution is -0.277. The summed E-state index contributed by atoms with van der Waals surface area (Å²) in [5, 5.41) is 126. The van der Waals surface area contributed by atoms with Crippen LogP contribution in [0.25, 0.3) is 78.7 Å². The fourth-order valence-electron chi connectivity index (χ4n) is 11.4. The summed E-state index contributed by atoms with van der Waals surface area (Å²) in [5.41, 5.74) is 10.3. The maximum atomic E-state index is 11.0. The predicted molar refractivity (Wildman–Crippen MR) is 302 cm³/mol. The number of aliphatic hydroxyl groups is 12. The molecule has 7 aromatic rings. The highest BCUT2D eigenvalue weighted by atomic mass is 16.7. The second kappa shape index (κ2) is 23.9. The zero-order valence-corrected chi connectivity index (χ0v) is 44.7. The molecule has 0 amide bonds. The van der Waals surface area contributed by atoms with E-state index in [-0.39, 0.29) is 17.2 Å². The third-order valence-corrected chi connectivity index (χ3v) is 15.8. The molecule has 0 unspecified atom stereocenters. The molecule has 438 valence electrons. The number of hydrogen-bond acceptors (Lipinski definition) is 20. The number of ether oxygens (including phenoxy) is 6. The van der Waals surface area contributed by atoms with E-state index in [4.69, 9.17) is 38.4 Å². The standard InChI is InChI=1S/C62H62N4O18/c67-26-44-51(70)54(73)57(76)60(82-44)79-33-12-4-9-30(23-33)48-38-17-15-36(63-38)47(29-7-2-1-3-8-29)37-16-18-39(64-37)49(31-10-5-13-34(24-31)80-61-58(77)55(74)52(71)45(27-68)83-61)41-20-22-43(66-41)50(42-21-19-40(48)65-42)32-11-6-14-35(25-32)81-62-59(78)56(75)53(72)46(28-69)84-62/h1-19,21,23-25,44-46,51-62,64-65,67-78H,20,22,26-28H2/t44-,45-,46-,51-,52-,53-,54+,55+,56+,57-,58-,59-,60-,61-,62-/m1/s1. The average molecular weight is 1150 g/mol. The van der Waals surface area contributed by atoms with Crippen LogP contribution in [0.2, 0.25) is 0 Å². The Morgan fingerprint density at radius 1 is 0.369 bits per heavy atom. The van der Waals surface area contributed by atoms with Crippen molar-refractivity contribution in [3.63, 3.8) is 0 Å². The molecule has 8 bridgehead atoms. The van der Waals surface area contributed by atoms with Gasteiger partial charge in [0, 0.05) is 44.3 Å². The molecule has 3 fully saturated rings. The molecule has 8 heterocycles. The van der Waals surface area contributed by atoms with Gasteiger partial charge in [-0.05, 0) is 108 Å². The van der Waals surface area contributed by atoms with E-state index < -0.39 is 112 Å². The van der Waals surface area contributed by atoms with Gasteiger partial charge in [-0.2, -0.15) is 0 Å². The van der Waals surface area contributed by atoms with Gasteiger partial charge < -0.3 is 99.7 Å². The van der Waals surface area contributed by atoms with E-state index >= 15 is 0 Å². The van der Waals surface area contributed by atoms with E-state index in [1.54, 1.807) is 54.6 Å². The first kappa shape index (κ1) is 57.0. The molecule has 5 aliphatic rings. The number of fused-ring (bicyclic) bond motifs is 8. The normalized spacial score (nSPS) is 28.7. The van der Waals surface area contributed by atoms with Crippen LogP contribution in [0, 0.1) is 0 Å². The quantitative estimate of drug-likeness (QED) is 0.0788. The summed E-state index contributed by atoms with van der Waals surface area (Å²) in [4.78, 5) is 18.2. The van der Waals surface area contributed by atoms with Gasteiger partial charge in [0.2, 0.25) is 18.9 Å². The van der Waals surface area contributed by atoms with Crippen molar-refractivity contribution in [2.24, 2.45) is 0 Å². The van der Waals surface area contributed by atoms with Crippen molar-refractivity contribution in [2.75, 3.05) is 19.8 Å². The first-order valence-corrected chi connectivity index (χ1v) is 27.4. The van der Waals surface area contributed by atoms with Gasteiger partial charge >= 0.3 is 0 Å². The summed E-state index contributed by atoms with van der Waals surface area (Å²) in [6.45, 7) is -1.94. The molecule has 22 nitrogen and oxygen atoms in total. The van der Waals surface area contributed by atoms with Gasteiger partial charge in [0.05, 0.1) is 42.6 Å². The summed E-state index contributed by atoms with van der Waals surface area (Å²) < 4.78 is 35.7. The van der Waals surface area contributed by atoms with Crippen molar-refractivity contribution >= 4 is 34.2 Å². The third kappa shape index (κ3) is 10.9. The summed E-state index contributed by atoms with van der Waals surface area (Å²) >= 11 is 0. The molecule has 22 heteroatoms. The monoisotopic (exact) mass is 1150 g/mol. The largest absolute Gasteiger partial charge is 0.462 e. The minimum atomic E-state index is -1.69. The van der Waals surface area contributed by atoms with Crippen LogP contribution in [0.5, 0.6) is 17.2 Å². The molecule has 84 heavy (non-hydrogen) atoms. The van der Waals surface area contributed by atoms with Gasteiger partial charge in [0.15, 0.2) is 0 Å². The maximum absolute atomic E-state index is 11.0. The maximum Gasteiger partial charge on any atom is 0.229 e. The summed E-state index contributed by atoms with van der Waals surface area (Å²) in [6.07, 6.45) is -18.2. The van der Waals surface area contributed by atoms with E-state index in [2.05, 4.69) is 9.97 Å². The Bertz CT molecular complexity index is 3720. The molecule has 0 spiro atoms. The zero-order chi connectivity index (χ0) is 58.5. The number of aliphatic hydroxyl groups excluding tert-OH is 12. The van der Waals surface area contributed by atoms with Crippen LogP contribution in [0.1, 0.15) is 22.8 Å². The first-order valence-electron chi connectivity index (χ1n) is 27.4. The number of aryl methyl sites for hydroxylation is 2. The smallest absolute Gasteiger partial charge is 0.229 e. The molecule has 12 rings (SSSR count).